The molecule has 5 nitrogen and oxygen atoms in total. The summed E-state index contributed by atoms with van der Waals surface area (Å²) in [4.78, 5) is 13.8. The molecule has 5 heteroatoms. The first-order valence-electron chi connectivity index (χ1n) is 6.44. The molecule has 0 saturated heterocycles. The molecule has 0 aliphatic heterocycles. The predicted molar refractivity (Wildman–Crippen MR) is 78.3 cm³/mol. The number of benzene rings is 1. The molecule has 106 valence electrons. The number of nitrogens with zero attached hydrogens (tertiary/aromatic N) is 1. The van der Waals surface area contributed by atoms with Crippen LogP contribution in [-0.2, 0) is 4.79 Å². The van der Waals surface area contributed by atoms with Crippen LogP contribution in [0.5, 0.6) is 0 Å². The molecule has 0 spiro atoms. The van der Waals surface area contributed by atoms with E-state index in [2.05, 4.69) is 10.2 Å². The molecule has 1 amide bonds. The van der Waals surface area contributed by atoms with Crippen LogP contribution in [0.1, 0.15) is 20.8 Å². The highest BCUT2D eigenvalue weighted by Gasteiger charge is 2.21. The summed E-state index contributed by atoms with van der Waals surface area (Å²) < 4.78 is 0. The van der Waals surface area contributed by atoms with Crippen LogP contribution >= 0.6 is 0 Å². The second kappa shape index (κ2) is 6.54. The van der Waals surface area contributed by atoms with Gasteiger partial charge in [0.25, 0.3) is 0 Å². The fourth-order valence-electron chi connectivity index (χ4n) is 1.64. The molecule has 1 aromatic rings. The average molecular weight is 265 g/mol. The lowest BCUT2D eigenvalue weighted by atomic mass is 10.1. The van der Waals surface area contributed by atoms with Crippen LogP contribution in [0.4, 0.5) is 11.4 Å². The Morgan fingerprint density at radius 1 is 1.37 bits per heavy atom. The zero-order valence-corrected chi connectivity index (χ0v) is 11.8. The van der Waals surface area contributed by atoms with Crippen molar-refractivity contribution in [1.29, 1.82) is 0 Å². The molecule has 0 saturated carbocycles. The lowest BCUT2D eigenvalue weighted by molar-refractivity contribution is -0.120. The van der Waals surface area contributed by atoms with Crippen molar-refractivity contribution in [3.63, 3.8) is 0 Å². The number of carbonyl (C=O) groups excluding carboxylic acids is 1. The van der Waals surface area contributed by atoms with Gasteiger partial charge in [-0.2, -0.15) is 0 Å². The molecule has 0 heterocycles. The van der Waals surface area contributed by atoms with Crippen molar-refractivity contribution < 1.29 is 9.90 Å². The van der Waals surface area contributed by atoms with Crippen LogP contribution in [0, 0.1) is 0 Å². The topological polar surface area (TPSA) is 78.6 Å². The van der Waals surface area contributed by atoms with E-state index in [-0.39, 0.29) is 12.5 Å². The van der Waals surface area contributed by atoms with E-state index in [1.165, 1.54) is 0 Å². The zero-order valence-electron chi connectivity index (χ0n) is 11.8. The number of hydrogen-bond donors (Lipinski definition) is 3. The van der Waals surface area contributed by atoms with Crippen molar-refractivity contribution in [3.05, 3.63) is 24.3 Å². The van der Waals surface area contributed by atoms with E-state index in [4.69, 9.17) is 10.8 Å². The number of rotatable bonds is 6. The van der Waals surface area contributed by atoms with Gasteiger partial charge in [-0.3, -0.25) is 4.79 Å². The average Bonchev–Trinajstić information content (AvgIpc) is 2.36. The minimum absolute atomic E-state index is 0.119. The zero-order chi connectivity index (χ0) is 14.5. The van der Waals surface area contributed by atoms with Gasteiger partial charge in [-0.15, -0.1) is 0 Å². The van der Waals surface area contributed by atoms with Gasteiger partial charge in [0.2, 0.25) is 5.91 Å². The van der Waals surface area contributed by atoms with Gasteiger partial charge in [0.1, 0.15) is 0 Å². The summed E-state index contributed by atoms with van der Waals surface area (Å²) in [5, 5.41) is 11.7. The molecule has 0 aliphatic rings. The van der Waals surface area contributed by atoms with Crippen molar-refractivity contribution in [3.8, 4) is 0 Å². The molecule has 0 unspecified atom stereocenters. The van der Waals surface area contributed by atoms with Crippen LogP contribution < -0.4 is 16.0 Å². The Bertz CT molecular complexity index is 410. The quantitative estimate of drug-likeness (QED) is 0.721. The molecule has 1 aromatic carbocycles. The monoisotopic (exact) mass is 265 g/mol. The van der Waals surface area contributed by atoms with E-state index in [1.54, 1.807) is 13.8 Å². The van der Waals surface area contributed by atoms with Crippen molar-refractivity contribution in [2.24, 2.45) is 5.73 Å². The first kappa shape index (κ1) is 15.5. The van der Waals surface area contributed by atoms with Gasteiger partial charge in [0.15, 0.2) is 0 Å². The van der Waals surface area contributed by atoms with Crippen LogP contribution in [0.25, 0.3) is 0 Å². The standard InChI is InChI=1S/C14H23N3O2/c1-4-17(9-10-18)12-7-5-11(6-8-12)16-13(19)14(2,3)15/h5-8,18H,4,9-10,15H2,1-3H3,(H,16,19). The molecular formula is C14H23N3O2. The highest BCUT2D eigenvalue weighted by Crippen LogP contribution is 2.18. The summed E-state index contributed by atoms with van der Waals surface area (Å²) >= 11 is 0. The maximum absolute atomic E-state index is 11.7. The highest BCUT2D eigenvalue weighted by atomic mass is 16.3. The second-order valence-electron chi connectivity index (χ2n) is 5.03. The van der Waals surface area contributed by atoms with E-state index in [0.29, 0.717) is 12.2 Å². The number of carbonyl (C=O) groups is 1. The Morgan fingerprint density at radius 2 is 1.95 bits per heavy atom. The summed E-state index contributed by atoms with van der Waals surface area (Å²) in [5.41, 5.74) is 6.55. The van der Waals surface area contributed by atoms with Gasteiger partial charge in [0, 0.05) is 24.5 Å². The second-order valence-corrected chi connectivity index (χ2v) is 5.03. The maximum Gasteiger partial charge on any atom is 0.243 e. The van der Waals surface area contributed by atoms with Crippen LogP contribution in [0.3, 0.4) is 0 Å². The van der Waals surface area contributed by atoms with E-state index in [9.17, 15) is 4.79 Å². The Hall–Kier alpha value is -1.59. The van der Waals surface area contributed by atoms with Gasteiger partial charge in [0.05, 0.1) is 12.1 Å². The molecule has 1 rings (SSSR count). The summed E-state index contributed by atoms with van der Waals surface area (Å²) in [5.74, 6) is -0.219. The molecule has 19 heavy (non-hydrogen) atoms. The molecule has 4 N–H and O–H groups in total. The minimum Gasteiger partial charge on any atom is -0.395 e. The number of aliphatic hydroxyl groups excluding tert-OH is 1. The minimum atomic E-state index is -0.898. The van der Waals surface area contributed by atoms with Crippen molar-refractivity contribution in [2.75, 3.05) is 29.9 Å². The van der Waals surface area contributed by atoms with Gasteiger partial charge in [-0.05, 0) is 45.0 Å². The molecule has 0 bridgehead atoms. The van der Waals surface area contributed by atoms with Crippen molar-refractivity contribution >= 4 is 17.3 Å². The Morgan fingerprint density at radius 3 is 2.37 bits per heavy atom. The van der Waals surface area contributed by atoms with E-state index in [0.717, 1.165) is 12.2 Å². The molecule has 0 aromatic heterocycles. The molecular weight excluding hydrogens is 242 g/mol. The third-order valence-corrected chi connectivity index (χ3v) is 2.83. The van der Waals surface area contributed by atoms with Gasteiger partial charge < -0.3 is 21.1 Å². The van der Waals surface area contributed by atoms with E-state index in [1.807, 2.05) is 31.2 Å². The fraction of sp³-hybridized carbons (Fsp3) is 0.500. The lowest BCUT2D eigenvalue weighted by Gasteiger charge is -2.22. The molecule has 0 atom stereocenters. The van der Waals surface area contributed by atoms with Crippen LogP contribution in [0.15, 0.2) is 24.3 Å². The number of nitrogens with one attached hydrogen (secondary N) is 1. The smallest absolute Gasteiger partial charge is 0.243 e. The summed E-state index contributed by atoms with van der Waals surface area (Å²) in [6.45, 7) is 6.89. The lowest BCUT2D eigenvalue weighted by Crippen LogP contribution is -2.45. The van der Waals surface area contributed by atoms with E-state index >= 15 is 0 Å². The third kappa shape index (κ3) is 4.54. The van der Waals surface area contributed by atoms with Gasteiger partial charge in [-0.25, -0.2) is 0 Å². The first-order chi connectivity index (χ1) is 8.88. The largest absolute Gasteiger partial charge is 0.395 e. The summed E-state index contributed by atoms with van der Waals surface area (Å²) in [7, 11) is 0. The molecule has 0 fully saturated rings. The van der Waals surface area contributed by atoms with E-state index < -0.39 is 5.54 Å². The Balaban J connectivity index is 2.74. The Labute approximate surface area is 114 Å². The van der Waals surface area contributed by atoms with Crippen molar-refractivity contribution in [2.45, 2.75) is 26.3 Å². The van der Waals surface area contributed by atoms with Crippen LogP contribution in [-0.4, -0.2) is 36.2 Å². The van der Waals surface area contributed by atoms with Gasteiger partial charge >= 0.3 is 0 Å². The Kier molecular flexibility index (Phi) is 5.32. The summed E-state index contributed by atoms with van der Waals surface area (Å²) in [6.07, 6.45) is 0. The fourth-order valence-corrected chi connectivity index (χ4v) is 1.64. The van der Waals surface area contributed by atoms with Crippen molar-refractivity contribution in [1.82, 2.24) is 0 Å². The normalized spacial score (nSPS) is 11.2. The number of aliphatic hydroxyl groups is 1. The van der Waals surface area contributed by atoms with Gasteiger partial charge in [-0.1, -0.05) is 0 Å². The highest BCUT2D eigenvalue weighted by molar-refractivity contribution is 5.97. The number of amides is 1. The SMILES string of the molecule is CCN(CCO)c1ccc(NC(=O)C(C)(C)N)cc1. The number of hydrogen-bond acceptors (Lipinski definition) is 4. The summed E-state index contributed by atoms with van der Waals surface area (Å²) in [6, 6.07) is 7.49. The number of likely N-dealkylation sites (N-methyl/N-ethyl adjacent to an activating group) is 1. The molecule has 0 aliphatic carbocycles. The number of anilines is 2. The molecule has 0 radical (unpaired) electrons. The van der Waals surface area contributed by atoms with Crippen LogP contribution in [0.2, 0.25) is 0 Å². The third-order valence-electron chi connectivity index (χ3n) is 2.83. The predicted octanol–water partition coefficient (Wildman–Crippen LogP) is 1.18. The number of nitrogens with two attached hydrogens (primary N) is 1. The first-order valence-corrected chi connectivity index (χ1v) is 6.44. The maximum atomic E-state index is 11.7.